The van der Waals surface area contributed by atoms with Crippen molar-refractivity contribution in [2.45, 2.75) is 20.3 Å². The Bertz CT molecular complexity index is 1010. The van der Waals surface area contributed by atoms with Crippen LogP contribution in [-0.2, 0) is 4.79 Å². The molecule has 2 N–H and O–H groups in total. The molecular weight excluding hydrogens is 362 g/mol. The van der Waals surface area contributed by atoms with E-state index in [9.17, 15) is 9.59 Å². The number of carbonyl (C=O) groups is 2. The van der Waals surface area contributed by atoms with Gasteiger partial charge in [-0.3, -0.25) is 9.59 Å². The van der Waals surface area contributed by atoms with Crippen LogP contribution < -0.4 is 10.7 Å². The minimum absolute atomic E-state index is 0.0688. The predicted octanol–water partition coefficient (Wildman–Crippen LogP) is 4.86. The monoisotopic (exact) mass is 385 g/mol. The molecule has 0 fully saturated rings. The highest BCUT2D eigenvalue weighted by Gasteiger charge is 2.06. The minimum atomic E-state index is -0.307. The van der Waals surface area contributed by atoms with Gasteiger partial charge in [-0.15, -0.1) is 0 Å². The number of benzene rings is 3. The van der Waals surface area contributed by atoms with E-state index in [-0.39, 0.29) is 11.8 Å². The maximum atomic E-state index is 12.3. The zero-order valence-corrected chi connectivity index (χ0v) is 16.5. The van der Waals surface area contributed by atoms with Crippen molar-refractivity contribution in [1.82, 2.24) is 5.43 Å². The maximum Gasteiger partial charge on any atom is 0.271 e. The highest BCUT2D eigenvalue weighted by Crippen LogP contribution is 2.19. The van der Waals surface area contributed by atoms with Crippen molar-refractivity contribution in [3.63, 3.8) is 0 Å². The van der Waals surface area contributed by atoms with Gasteiger partial charge in [-0.05, 0) is 47.9 Å². The number of hydrazone groups is 1. The van der Waals surface area contributed by atoms with Gasteiger partial charge in [-0.1, -0.05) is 61.5 Å². The van der Waals surface area contributed by atoms with Gasteiger partial charge in [0.25, 0.3) is 5.91 Å². The Morgan fingerprint density at radius 2 is 1.38 bits per heavy atom. The number of rotatable bonds is 6. The first-order chi connectivity index (χ1) is 14.1. The van der Waals surface area contributed by atoms with E-state index >= 15 is 0 Å². The first-order valence-corrected chi connectivity index (χ1v) is 9.47. The number of nitrogens with one attached hydrogen (secondary N) is 2. The molecular formula is C24H23N3O2. The fraction of sp³-hybridized carbons (Fsp3) is 0.125. The van der Waals surface area contributed by atoms with E-state index in [2.05, 4.69) is 28.0 Å². The van der Waals surface area contributed by atoms with Crippen molar-refractivity contribution < 1.29 is 9.59 Å². The highest BCUT2D eigenvalue weighted by molar-refractivity contribution is 6.01. The molecule has 146 valence electrons. The van der Waals surface area contributed by atoms with Crippen LogP contribution >= 0.6 is 0 Å². The van der Waals surface area contributed by atoms with E-state index in [1.807, 2.05) is 49.4 Å². The van der Waals surface area contributed by atoms with E-state index in [0.717, 1.165) is 16.7 Å². The fourth-order valence-electron chi connectivity index (χ4n) is 2.75. The molecule has 0 bridgehead atoms. The van der Waals surface area contributed by atoms with Gasteiger partial charge in [0.2, 0.25) is 5.91 Å². The summed E-state index contributed by atoms with van der Waals surface area (Å²) in [4.78, 5) is 23.7. The first-order valence-electron chi connectivity index (χ1n) is 9.47. The fourth-order valence-corrected chi connectivity index (χ4v) is 2.75. The van der Waals surface area contributed by atoms with E-state index in [4.69, 9.17) is 0 Å². The SMILES string of the molecule is CCC(=O)Nc1ccc(C(=O)N/N=C(\C)c2ccc(-c3ccccc3)cc2)cc1. The van der Waals surface area contributed by atoms with Crippen LogP contribution in [0.25, 0.3) is 11.1 Å². The Kier molecular flexibility index (Phi) is 6.53. The quantitative estimate of drug-likeness (QED) is 0.470. The zero-order valence-electron chi connectivity index (χ0n) is 16.5. The van der Waals surface area contributed by atoms with Crippen LogP contribution in [0.15, 0.2) is 84.0 Å². The number of hydrogen-bond donors (Lipinski definition) is 2. The molecule has 5 nitrogen and oxygen atoms in total. The van der Waals surface area contributed by atoms with Gasteiger partial charge in [0, 0.05) is 17.7 Å². The van der Waals surface area contributed by atoms with Crippen LogP contribution in [-0.4, -0.2) is 17.5 Å². The lowest BCUT2D eigenvalue weighted by atomic mass is 10.0. The predicted molar refractivity (Wildman–Crippen MR) is 117 cm³/mol. The Hall–Kier alpha value is -3.73. The van der Waals surface area contributed by atoms with Gasteiger partial charge < -0.3 is 5.32 Å². The summed E-state index contributed by atoms with van der Waals surface area (Å²) < 4.78 is 0. The summed E-state index contributed by atoms with van der Waals surface area (Å²) in [6, 6.07) is 24.9. The average molecular weight is 385 g/mol. The molecule has 3 rings (SSSR count). The summed E-state index contributed by atoms with van der Waals surface area (Å²) in [5.74, 6) is -0.376. The number of hydrogen-bond acceptors (Lipinski definition) is 3. The molecule has 0 unspecified atom stereocenters. The van der Waals surface area contributed by atoms with Crippen molar-refractivity contribution in [3.8, 4) is 11.1 Å². The van der Waals surface area contributed by atoms with Crippen LogP contribution in [0.5, 0.6) is 0 Å². The van der Waals surface area contributed by atoms with Crippen LogP contribution in [0, 0.1) is 0 Å². The van der Waals surface area contributed by atoms with Crippen LogP contribution in [0.2, 0.25) is 0 Å². The molecule has 0 radical (unpaired) electrons. The molecule has 0 atom stereocenters. The third-order valence-corrected chi connectivity index (χ3v) is 4.49. The molecule has 0 aliphatic rings. The molecule has 0 heterocycles. The second-order valence-electron chi connectivity index (χ2n) is 6.56. The molecule has 3 aromatic rings. The second kappa shape index (κ2) is 9.46. The third-order valence-electron chi connectivity index (χ3n) is 4.49. The second-order valence-corrected chi connectivity index (χ2v) is 6.56. The molecule has 29 heavy (non-hydrogen) atoms. The summed E-state index contributed by atoms with van der Waals surface area (Å²) in [6.07, 6.45) is 0.405. The normalized spacial score (nSPS) is 11.0. The lowest BCUT2D eigenvalue weighted by Gasteiger charge is -2.06. The highest BCUT2D eigenvalue weighted by atomic mass is 16.2. The van der Waals surface area contributed by atoms with Crippen molar-refractivity contribution in [3.05, 3.63) is 90.0 Å². The van der Waals surface area contributed by atoms with Crippen LogP contribution in [0.1, 0.15) is 36.2 Å². The zero-order chi connectivity index (χ0) is 20.6. The summed E-state index contributed by atoms with van der Waals surface area (Å²) in [7, 11) is 0. The molecule has 0 aliphatic heterocycles. The Morgan fingerprint density at radius 3 is 2.00 bits per heavy atom. The van der Waals surface area contributed by atoms with Gasteiger partial charge in [0.15, 0.2) is 0 Å². The lowest BCUT2D eigenvalue weighted by molar-refractivity contribution is -0.115. The molecule has 2 amide bonds. The van der Waals surface area contributed by atoms with E-state index < -0.39 is 0 Å². The Labute approximate surface area is 170 Å². The number of nitrogens with zero attached hydrogens (tertiary/aromatic N) is 1. The average Bonchev–Trinajstić information content (AvgIpc) is 2.78. The molecule has 0 saturated heterocycles. The third kappa shape index (κ3) is 5.39. The largest absolute Gasteiger partial charge is 0.326 e. The van der Waals surface area contributed by atoms with E-state index in [1.165, 1.54) is 0 Å². The van der Waals surface area contributed by atoms with Crippen molar-refractivity contribution in [2.75, 3.05) is 5.32 Å². The minimum Gasteiger partial charge on any atom is -0.326 e. The van der Waals surface area contributed by atoms with Gasteiger partial charge in [0.05, 0.1) is 5.71 Å². The standard InChI is InChI=1S/C24H23N3O2/c1-3-23(28)25-22-15-13-21(14-16-22)24(29)27-26-17(2)18-9-11-20(12-10-18)19-7-5-4-6-8-19/h4-16H,3H2,1-2H3,(H,25,28)(H,27,29)/b26-17+. The molecule has 5 heteroatoms. The van der Waals surface area contributed by atoms with Crippen molar-refractivity contribution in [1.29, 1.82) is 0 Å². The topological polar surface area (TPSA) is 70.6 Å². The first kappa shape index (κ1) is 20.0. The number of carbonyl (C=O) groups excluding carboxylic acids is 2. The Morgan fingerprint density at radius 1 is 0.793 bits per heavy atom. The summed E-state index contributed by atoms with van der Waals surface area (Å²) in [5.41, 5.74) is 7.63. The molecule has 0 aliphatic carbocycles. The summed E-state index contributed by atoms with van der Waals surface area (Å²) >= 11 is 0. The molecule has 3 aromatic carbocycles. The Balaban J connectivity index is 1.63. The van der Waals surface area contributed by atoms with Gasteiger partial charge in [-0.2, -0.15) is 5.10 Å². The number of anilines is 1. The van der Waals surface area contributed by atoms with Gasteiger partial charge >= 0.3 is 0 Å². The van der Waals surface area contributed by atoms with Crippen molar-refractivity contribution in [2.24, 2.45) is 5.10 Å². The lowest BCUT2D eigenvalue weighted by Crippen LogP contribution is -2.19. The van der Waals surface area contributed by atoms with Gasteiger partial charge in [0.1, 0.15) is 0 Å². The van der Waals surface area contributed by atoms with E-state index in [0.29, 0.717) is 23.4 Å². The molecule has 0 spiro atoms. The molecule has 0 aromatic heterocycles. The smallest absolute Gasteiger partial charge is 0.271 e. The number of amides is 2. The van der Waals surface area contributed by atoms with E-state index in [1.54, 1.807) is 31.2 Å². The summed E-state index contributed by atoms with van der Waals surface area (Å²) in [6.45, 7) is 3.63. The van der Waals surface area contributed by atoms with Gasteiger partial charge in [-0.25, -0.2) is 5.43 Å². The van der Waals surface area contributed by atoms with Crippen LogP contribution in [0.3, 0.4) is 0 Å². The maximum absolute atomic E-state index is 12.3. The summed E-state index contributed by atoms with van der Waals surface area (Å²) in [5, 5.41) is 6.95. The van der Waals surface area contributed by atoms with Crippen LogP contribution in [0.4, 0.5) is 5.69 Å². The molecule has 0 saturated carbocycles. The van der Waals surface area contributed by atoms with Crippen molar-refractivity contribution >= 4 is 23.2 Å².